The summed E-state index contributed by atoms with van der Waals surface area (Å²) in [6, 6.07) is 0. The SMILES string of the molecule is CC(C)=CCC1=C(N=O)[C@@](C)(CC=C(C)C)C(=O)C(C(=O)C(C)C)=C1O.CC=C(C)C. The summed E-state index contributed by atoms with van der Waals surface area (Å²) >= 11 is 0. The van der Waals surface area contributed by atoms with Gasteiger partial charge in [-0.25, -0.2) is 0 Å². The molecule has 0 aromatic rings. The molecule has 1 atom stereocenters. The maximum atomic E-state index is 13.2. The van der Waals surface area contributed by atoms with Gasteiger partial charge < -0.3 is 5.11 Å². The van der Waals surface area contributed by atoms with Crippen LogP contribution in [0.1, 0.15) is 82.1 Å². The second-order valence-corrected chi connectivity index (χ2v) is 9.16. The fourth-order valence-electron chi connectivity index (χ4n) is 2.86. The molecular formula is C26H39NO4. The van der Waals surface area contributed by atoms with Crippen molar-refractivity contribution in [2.75, 3.05) is 0 Å². The lowest BCUT2D eigenvalue weighted by Gasteiger charge is -2.33. The highest BCUT2D eigenvalue weighted by Crippen LogP contribution is 2.45. The van der Waals surface area contributed by atoms with Crippen LogP contribution in [0.5, 0.6) is 0 Å². The number of aliphatic hydroxyl groups excluding tert-OH is 1. The fourth-order valence-corrected chi connectivity index (χ4v) is 2.86. The number of carbonyl (C=O) groups is 2. The van der Waals surface area contributed by atoms with Crippen molar-refractivity contribution in [1.29, 1.82) is 0 Å². The minimum absolute atomic E-state index is 0.00954. The van der Waals surface area contributed by atoms with E-state index in [-0.39, 0.29) is 29.7 Å². The molecule has 31 heavy (non-hydrogen) atoms. The number of aliphatic hydroxyl groups is 1. The Labute approximate surface area is 187 Å². The van der Waals surface area contributed by atoms with E-state index in [9.17, 15) is 19.6 Å². The van der Waals surface area contributed by atoms with Gasteiger partial charge in [0, 0.05) is 11.5 Å². The van der Waals surface area contributed by atoms with Gasteiger partial charge in [0.25, 0.3) is 0 Å². The predicted octanol–water partition coefficient (Wildman–Crippen LogP) is 7.32. The number of rotatable bonds is 7. The summed E-state index contributed by atoms with van der Waals surface area (Å²) in [4.78, 5) is 37.4. The molecule has 0 aromatic carbocycles. The van der Waals surface area contributed by atoms with Gasteiger partial charge in [-0.15, -0.1) is 4.91 Å². The molecule has 0 radical (unpaired) electrons. The highest BCUT2D eigenvalue weighted by Gasteiger charge is 2.48. The van der Waals surface area contributed by atoms with Crippen LogP contribution in [0.25, 0.3) is 0 Å². The van der Waals surface area contributed by atoms with Crippen LogP contribution in [0.2, 0.25) is 0 Å². The molecule has 0 amide bonds. The Kier molecular flexibility index (Phi) is 11.3. The lowest BCUT2D eigenvalue weighted by atomic mass is 9.68. The maximum absolute atomic E-state index is 13.2. The van der Waals surface area contributed by atoms with Gasteiger partial charge in [0.1, 0.15) is 17.0 Å². The predicted molar refractivity (Wildman–Crippen MR) is 129 cm³/mol. The van der Waals surface area contributed by atoms with E-state index in [1.165, 1.54) is 5.57 Å². The molecule has 0 bridgehead atoms. The molecule has 0 spiro atoms. The zero-order valence-corrected chi connectivity index (χ0v) is 20.8. The lowest BCUT2D eigenvalue weighted by Crippen LogP contribution is -2.39. The molecule has 0 aromatic heterocycles. The molecule has 0 saturated carbocycles. The van der Waals surface area contributed by atoms with Crippen molar-refractivity contribution in [3.8, 4) is 0 Å². The van der Waals surface area contributed by atoms with E-state index in [0.29, 0.717) is 0 Å². The molecule has 5 nitrogen and oxygen atoms in total. The first kappa shape index (κ1) is 28.4. The Balaban J connectivity index is 0.00000161. The molecule has 1 rings (SSSR count). The van der Waals surface area contributed by atoms with Crippen molar-refractivity contribution in [2.45, 2.75) is 82.1 Å². The van der Waals surface area contributed by atoms with E-state index in [2.05, 4.69) is 25.1 Å². The first-order chi connectivity index (χ1) is 14.2. The molecule has 172 valence electrons. The smallest absolute Gasteiger partial charge is 0.182 e. The van der Waals surface area contributed by atoms with Crippen molar-refractivity contribution in [1.82, 2.24) is 0 Å². The molecule has 0 unspecified atom stereocenters. The molecule has 1 aliphatic rings. The second-order valence-electron chi connectivity index (χ2n) is 9.16. The molecule has 0 fully saturated rings. The third-order valence-corrected chi connectivity index (χ3v) is 5.13. The zero-order chi connectivity index (χ0) is 24.5. The van der Waals surface area contributed by atoms with E-state index in [0.717, 1.165) is 11.1 Å². The lowest BCUT2D eigenvalue weighted by molar-refractivity contribution is -0.127. The van der Waals surface area contributed by atoms with Crippen molar-refractivity contribution in [2.24, 2.45) is 16.5 Å². The second kappa shape index (κ2) is 12.3. The van der Waals surface area contributed by atoms with Gasteiger partial charge in [-0.1, -0.05) is 48.8 Å². The van der Waals surface area contributed by atoms with E-state index in [1.807, 2.05) is 46.8 Å². The van der Waals surface area contributed by atoms with E-state index < -0.39 is 28.7 Å². The summed E-state index contributed by atoms with van der Waals surface area (Å²) in [6.45, 7) is 18.8. The van der Waals surface area contributed by atoms with E-state index >= 15 is 0 Å². The Morgan fingerprint density at radius 3 is 1.87 bits per heavy atom. The van der Waals surface area contributed by atoms with E-state index in [4.69, 9.17) is 0 Å². The summed E-state index contributed by atoms with van der Waals surface area (Å²) in [6.07, 6.45) is 6.25. The summed E-state index contributed by atoms with van der Waals surface area (Å²) in [5.74, 6) is -1.81. The van der Waals surface area contributed by atoms with Gasteiger partial charge in [0.05, 0.1) is 5.41 Å². The molecule has 0 saturated heterocycles. The van der Waals surface area contributed by atoms with Crippen molar-refractivity contribution >= 4 is 11.6 Å². The Morgan fingerprint density at radius 2 is 1.52 bits per heavy atom. The largest absolute Gasteiger partial charge is 0.507 e. The molecule has 0 heterocycles. The maximum Gasteiger partial charge on any atom is 0.182 e. The van der Waals surface area contributed by atoms with Crippen LogP contribution >= 0.6 is 0 Å². The molecule has 0 aliphatic heterocycles. The van der Waals surface area contributed by atoms with Crippen LogP contribution in [-0.2, 0) is 9.59 Å². The van der Waals surface area contributed by atoms with Crippen molar-refractivity contribution in [3.63, 3.8) is 0 Å². The van der Waals surface area contributed by atoms with Crippen LogP contribution < -0.4 is 0 Å². The third-order valence-electron chi connectivity index (χ3n) is 5.13. The Hall–Kier alpha value is -2.56. The Bertz CT molecular complexity index is 854. The van der Waals surface area contributed by atoms with Crippen LogP contribution in [-0.4, -0.2) is 16.7 Å². The quantitative estimate of drug-likeness (QED) is 0.261. The van der Waals surface area contributed by atoms with Crippen LogP contribution in [0, 0.1) is 16.2 Å². The summed E-state index contributed by atoms with van der Waals surface area (Å²) in [5.41, 5.74) is 2.15. The first-order valence-electron chi connectivity index (χ1n) is 10.7. The van der Waals surface area contributed by atoms with Gasteiger partial charge >= 0.3 is 0 Å². The highest BCUT2D eigenvalue weighted by molar-refractivity contribution is 6.24. The molecule has 1 aliphatic carbocycles. The van der Waals surface area contributed by atoms with Crippen LogP contribution in [0.4, 0.5) is 0 Å². The van der Waals surface area contributed by atoms with Gasteiger partial charge in [-0.2, -0.15) is 0 Å². The van der Waals surface area contributed by atoms with Gasteiger partial charge in [0.2, 0.25) is 0 Å². The Morgan fingerprint density at radius 1 is 1.03 bits per heavy atom. The first-order valence-corrected chi connectivity index (χ1v) is 10.7. The highest BCUT2D eigenvalue weighted by atomic mass is 16.3. The number of carbonyl (C=O) groups excluding carboxylic acids is 2. The number of hydrogen-bond donors (Lipinski definition) is 1. The summed E-state index contributed by atoms with van der Waals surface area (Å²) < 4.78 is 0. The standard InChI is InChI=1S/C21H29NO4.C5H10/c1-12(2)8-9-15-18(24)16(17(23)14(5)6)20(25)21(7,19(15)22-26)11-10-13(3)4;1-4-5(2)3/h8,10,14,24H,9,11H2,1-7H3;4H,1-3H3/t21-;/m1./s1. The molecular weight excluding hydrogens is 390 g/mol. The fraction of sp³-hybridized carbons (Fsp3) is 0.538. The number of hydrogen-bond acceptors (Lipinski definition) is 5. The number of ketones is 2. The topological polar surface area (TPSA) is 83.8 Å². The zero-order valence-electron chi connectivity index (χ0n) is 20.8. The average molecular weight is 430 g/mol. The summed E-state index contributed by atoms with van der Waals surface area (Å²) in [5, 5.41) is 13.8. The van der Waals surface area contributed by atoms with Crippen LogP contribution in [0.15, 0.2) is 62.7 Å². The third kappa shape index (κ3) is 7.57. The van der Waals surface area contributed by atoms with Crippen LogP contribution in [0.3, 0.4) is 0 Å². The van der Waals surface area contributed by atoms with Crippen molar-refractivity contribution < 1.29 is 14.7 Å². The van der Waals surface area contributed by atoms with Gasteiger partial charge in [0.15, 0.2) is 11.6 Å². The molecule has 5 heteroatoms. The minimum Gasteiger partial charge on any atom is -0.507 e. The monoisotopic (exact) mass is 429 g/mol. The van der Waals surface area contributed by atoms with Gasteiger partial charge in [-0.3, -0.25) is 9.59 Å². The van der Waals surface area contributed by atoms with Crippen molar-refractivity contribution in [3.05, 3.63) is 62.5 Å². The number of nitrogens with zero attached hydrogens (tertiary/aromatic N) is 1. The number of Topliss-reactive ketones (excluding diaryl/α,β-unsaturated/α-hetero) is 2. The normalized spacial score (nSPS) is 18.2. The average Bonchev–Trinajstić information content (AvgIpc) is 2.68. The molecule has 1 N–H and O–H groups in total. The number of allylic oxidation sites excluding steroid dienone is 9. The number of nitroso groups, excluding NO2 is 1. The summed E-state index contributed by atoms with van der Waals surface area (Å²) in [7, 11) is 0. The minimum atomic E-state index is -1.27. The van der Waals surface area contributed by atoms with Gasteiger partial charge in [-0.05, 0) is 73.4 Å². The van der Waals surface area contributed by atoms with E-state index in [1.54, 1.807) is 20.8 Å².